The van der Waals surface area contributed by atoms with Gasteiger partial charge in [-0.1, -0.05) is 41.5 Å². The van der Waals surface area contributed by atoms with Gasteiger partial charge in [0.2, 0.25) is 0 Å². The van der Waals surface area contributed by atoms with E-state index in [0.29, 0.717) is 5.69 Å². The topological polar surface area (TPSA) is 48.8 Å². The molecule has 0 N–H and O–H groups in total. The van der Waals surface area contributed by atoms with Crippen LogP contribution in [0.4, 0.5) is 5.69 Å². The molecule has 0 amide bonds. The van der Waals surface area contributed by atoms with Gasteiger partial charge in [0.05, 0.1) is 0 Å². The molecule has 2 aromatic carbocycles. The largest absolute Gasteiger partial charge is 0.0616 e. The Labute approximate surface area is 75.2 Å². The lowest BCUT2D eigenvalue weighted by molar-refractivity contribution is 1.50. The molecule has 13 heavy (non-hydrogen) atoms. The first kappa shape index (κ1) is 7.65. The van der Waals surface area contributed by atoms with Crippen LogP contribution in [-0.4, -0.2) is 0 Å². The minimum Gasteiger partial charge on any atom is -0.0616 e. The van der Waals surface area contributed by atoms with E-state index in [2.05, 4.69) is 10.0 Å². The zero-order chi connectivity index (χ0) is 9.10. The summed E-state index contributed by atoms with van der Waals surface area (Å²) in [5, 5.41) is 5.78. The van der Waals surface area contributed by atoms with Gasteiger partial charge < -0.3 is 0 Å². The van der Waals surface area contributed by atoms with E-state index in [-0.39, 0.29) is 0 Å². The normalized spacial score (nSPS) is 9.54. The van der Waals surface area contributed by atoms with E-state index < -0.39 is 0 Å². The van der Waals surface area contributed by atoms with Crippen molar-refractivity contribution in [3.05, 3.63) is 52.9 Å². The number of rotatable bonds is 1. The van der Waals surface area contributed by atoms with E-state index in [1.165, 1.54) is 0 Å². The minimum atomic E-state index is 0.654. The molecule has 62 valence electrons. The van der Waals surface area contributed by atoms with Gasteiger partial charge in [0, 0.05) is 10.6 Å². The number of benzene rings is 2. The van der Waals surface area contributed by atoms with Crippen molar-refractivity contribution in [3.8, 4) is 0 Å². The van der Waals surface area contributed by atoms with Crippen LogP contribution >= 0.6 is 0 Å². The Morgan fingerprint density at radius 3 is 2.54 bits per heavy atom. The molecule has 2 aromatic rings. The van der Waals surface area contributed by atoms with Gasteiger partial charge in [0.1, 0.15) is 0 Å². The third kappa shape index (κ3) is 1.45. The van der Waals surface area contributed by atoms with E-state index in [1.54, 1.807) is 0 Å². The monoisotopic (exact) mass is 169 g/mol. The zero-order valence-electron chi connectivity index (χ0n) is 6.88. The second kappa shape index (κ2) is 3.17. The van der Waals surface area contributed by atoms with Gasteiger partial charge in [0.15, 0.2) is 0 Å². The Morgan fingerprint density at radius 1 is 1.00 bits per heavy atom. The molecule has 0 radical (unpaired) electrons. The van der Waals surface area contributed by atoms with E-state index >= 15 is 0 Å². The average molecular weight is 169 g/mol. The molecule has 0 saturated heterocycles. The van der Waals surface area contributed by atoms with Crippen molar-refractivity contribution in [2.45, 2.75) is 0 Å². The molecule has 0 atom stereocenters. The maximum absolute atomic E-state index is 8.25. The molecule has 0 bridgehead atoms. The Bertz CT molecular complexity index is 484. The highest BCUT2D eigenvalue weighted by Gasteiger charge is 1.92. The molecule has 3 heteroatoms. The molecule has 2 rings (SSSR count). The van der Waals surface area contributed by atoms with Gasteiger partial charge in [-0.3, -0.25) is 0 Å². The number of hydrogen-bond donors (Lipinski definition) is 0. The molecule has 3 nitrogen and oxygen atoms in total. The molecule has 0 aliphatic carbocycles. The van der Waals surface area contributed by atoms with Crippen LogP contribution < -0.4 is 0 Å². The van der Waals surface area contributed by atoms with Crippen LogP contribution in [0, 0.1) is 0 Å². The van der Waals surface area contributed by atoms with E-state index in [0.717, 1.165) is 10.8 Å². The fraction of sp³-hybridized carbons (Fsp3) is 0. The molecular formula is C10H7N3. The van der Waals surface area contributed by atoms with Gasteiger partial charge in [-0.05, 0) is 22.4 Å². The Kier molecular flexibility index (Phi) is 1.87. The molecule has 0 aliphatic heterocycles. The van der Waals surface area contributed by atoms with E-state index in [4.69, 9.17) is 5.53 Å². The van der Waals surface area contributed by atoms with Gasteiger partial charge in [-0.25, -0.2) is 0 Å². The first-order valence-electron chi connectivity index (χ1n) is 3.94. The van der Waals surface area contributed by atoms with Crippen molar-refractivity contribution in [1.29, 1.82) is 0 Å². The molecule has 0 aromatic heterocycles. The molecule has 0 spiro atoms. The highest BCUT2D eigenvalue weighted by atomic mass is 15.1. The van der Waals surface area contributed by atoms with E-state index in [9.17, 15) is 0 Å². The number of hydrogen-bond acceptors (Lipinski definition) is 1. The molecule has 0 unspecified atom stereocenters. The number of nitrogens with zero attached hydrogens (tertiary/aromatic N) is 3. The predicted molar refractivity (Wildman–Crippen MR) is 52.8 cm³/mol. The van der Waals surface area contributed by atoms with Gasteiger partial charge in [-0.15, -0.1) is 0 Å². The maximum atomic E-state index is 8.25. The summed E-state index contributed by atoms with van der Waals surface area (Å²) >= 11 is 0. The highest BCUT2D eigenvalue weighted by Crippen LogP contribution is 2.20. The summed E-state index contributed by atoms with van der Waals surface area (Å²) in [5.41, 5.74) is 8.90. The van der Waals surface area contributed by atoms with Crippen LogP contribution in [0.15, 0.2) is 47.6 Å². The van der Waals surface area contributed by atoms with Crippen LogP contribution in [0.3, 0.4) is 0 Å². The molecule has 0 aliphatic rings. The Balaban J connectivity index is 2.68. The second-order valence-electron chi connectivity index (χ2n) is 2.72. The van der Waals surface area contributed by atoms with Crippen molar-refractivity contribution in [1.82, 2.24) is 0 Å². The lowest BCUT2D eigenvalue weighted by Crippen LogP contribution is -1.69. The summed E-state index contributed by atoms with van der Waals surface area (Å²) < 4.78 is 0. The van der Waals surface area contributed by atoms with Gasteiger partial charge in [0.25, 0.3) is 0 Å². The first-order valence-corrected chi connectivity index (χ1v) is 3.94. The zero-order valence-corrected chi connectivity index (χ0v) is 6.88. The van der Waals surface area contributed by atoms with Gasteiger partial charge in [-0.2, -0.15) is 0 Å². The average Bonchev–Trinajstić information content (AvgIpc) is 2.18. The summed E-state index contributed by atoms with van der Waals surface area (Å²) in [6.07, 6.45) is 0. The predicted octanol–water partition coefficient (Wildman–Crippen LogP) is 3.78. The van der Waals surface area contributed by atoms with E-state index in [1.807, 2.05) is 42.5 Å². The molecule has 0 heterocycles. The maximum Gasteiger partial charge on any atom is 0.0381 e. The standard InChI is InChI=1S/C10H7N3/c11-13-12-10-6-5-8-3-1-2-4-9(8)7-10/h1-7H. The lowest BCUT2D eigenvalue weighted by atomic mass is 10.1. The van der Waals surface area contributed by atoms with Crippen molar-refractivity contribution in [2.24, 2.45) is 5.11 Å². The van der Waals surface area contributed by atoms with Crippen LogP contribution in [0.25, 0.3) is 21.2 Å². The smallest absolute Gasteiger partial charge is 0.0381 e. The molecular weight excluding hydrogens is 162 g/mol. The molecule has 0 fully saturated rings. The SMILES string of the molecule is [N-]=[N+]=Nc1ccc2ccccc2c1. The third-order valence-corrected chi connectivity index (χ3v) is 1.89. The second-order valence-corrected chi connectivity index (χ2v) is 2.72. The van der Waals surface area contributed by atoms with Crippen LogP contribution in [0.5, 0.6) is 0 Å². The van der Waals surface area contributed by atoms with Crippen LogP contribution in [-0.2, 0) is 0 Å². The number of fused-ring (bicyclic) bond motifs is 1. The molecule has 0 saturated carbocycles. The highest BCUT2D eigenvalue weighted by molar-refractivity contribution is 5.85. The third-order valence-electron chi connectivity index (χ3n) is 1.89. The summed E-state index contributed by atoms with van der Waals surface area (Å²) in [7, 11) is 0. The first-order chi connectivity index (χ1) is 6.40. The van der Waals surface area contributed by atoms with Crippen molar-refractivity contribution >= 4 is 16.5 Å². The summed E-state index contributed by atoms with van der Waals surface area (Å²) in [4.78, 5) is 2.74. The van der Waals surface area contributed by atoms with Gasteiger partial charge >= 0.3 is 0 Å². The fourth-order valence-corrected chi connectivity index (χ4v) is 1.29. The minimum absolute atomic E-state index is 0.654. The fourth-order valence-electron chi connectivity index (χ4n) is 1.29. The van der Waals surface area contributed by atoms with Crippen molar-refractivity contribution in [2.75, 3.05) is 0 Å². The van der Waals surface area contributed by atoms with Crippen molar-refractivity contribution < 1.29 is 0 Å². The van der Waals surface area contributed by atoms with Crippen LogP contribution in [0.2, 0.25) is 0 Å². The van der Waals surface area contributed by atoms with Crippen molar-refractivity contribution in [3.63, 3.8) is 0 Å². The summed E-state index contributed by atoms with van der Waals surface area (Å²) in [6, 6.07) is 13.6. The summed E-state index contributed by atoms with van der Waals surface area (Å²) in [5.74, 6) is 0. The Hall–Kier alpha value is -1.99. The number of azide groups is 1. The van der Waals surface area contributed by atoms with Crippen LogP contribution in [0.1, 0.15) is 0 Å². The Morgan fingerprint density at radius 2 is 1.77 bits per heavy atom. The summed E-state index contributed by atoms with van der Waals surface area (Å²) in [6.45, 7) is 0. The lowest BCUT2D eigenvalue weighted by Gasteiger charge is -1.96. The quantitative estimate of drug-likeness (QED) is 0.354.